The van der Waals surface area contributed by atoms with E-state index in [9.17, 15) is 8.42 Å². The van der Waals surface area contributed by atoms with Gasteiger partial charge in [0.1, 0.15) is 5.75 Å². The van der Waals surface area contributed by atoms with Crippen LogP contribution < -0.4 is 20.3 Å². The van der Waals surface area contributed by atoms with Crippen LogP contribution in [-0.2, 0) is 10.0 Å². The first-order valence-corrected chi connectivity index (χ1v) is 9.25. The molecule has 0 aliphatic heterocycles. The van der Waals surface area contributed by atoms with Crippen LogP contribution in [0.2, 0.25) is 5.02 Å². The highest BCUT2D eigenvalue weighted by molar-refractivity contribution is 7.89. The van der Waals surface area contributed by atoms with Crippen molar-refractivity contribution in [3.63, 3.8) is 0 Å². The van der Waals surface area contributed by atoms with E-state index < -0.39 is 10.0 Å². The third-order valence-electron chi connectivity index (χ3n) is 2.85. The van der Waals surface area contributed by atoms with Gasteiger partial charge in [-0.15, -0.1) is 4.83 Å². The molecule has 0 saturated heterocycles. The van der Waals surface area contributed by atoms with Gasteiger partial charge in [-0.1, -0.05) is 11.6 Å². The van der Waals surface area contributed by atoms with Gasteiger partial charge in [-0.05, 0) is 67.7 Å². The average molecular weight is 386 g/mol. The lowest BCUT2D eigenvalue weighted by molar-refractivity contribution is 0.340. The summed E-state index contributed by atoms with van der Waals surface area (Å²) >= 11 is 10.8. The van der Waals surface area contributed by atoms with Crippen molar-refractivity contribution in [2.75, 3.05) is 11.9 Å². The molecule has 9 heteroatoms. The van der Waals surface area contributed by atoms with E-state index in [1.54, 1.807) is 24.3 Å². The maximum Gasteiger partial charge on any atom is 0.257 e. The third-order valence-corrected chi connectivity index (χ3v) is 4.57. The summed E-state index contributed by atoms with van der Waals surface area (Å²) in [7, 11) is -3.75. The predicted octanol–water partition coefficient (Wildman–Crippen LogP) is 2.92. The van der Waals surface area contributed by atoms with Crippen LogP contribution in [-0.4, -0.2) is 20.1 Å². The summed E-state index contributed by atoms with van der Waals surface area (Å²) in [6.45, 7) is 2.48. The Labute approximate surface area is 151 Å². The Balaban J connectivity index is 1.91. The second-order valence-corrected chi connectivity index (χ2v) is 7.12. The van der Waals surface area contributed by atoms with Gasteiger partial charge >= 0.3 is 0 Å². The van der Waals surface area contributed by atoms with Gasteiger partial charge in [0, 0.05) is 10.7 Å². The smallest absolute Gasteiger partial charge is 0.257 e. The first kappa shape index (κ1) is 18.5. The molecule has 3 N–H and O–H groups in total. The zero-order valence-electron chi connectivity index (χ0n) is 12.7. The zero-order chi connectivity index (χ0) is 17.6. The molecule has 0 aliphatic carbocycles. The number of hydrogen-bond donors (Lipinski definition) is 3. The summed E-state index contributed by atoms with van der Waals surface area (Å²) in [6.07, 6.45) is 0. The molecule has 0 bridgehead atoms. The Bertz CT molecular complexity index is 794. The number of sulfonamides is 1. The highest BCUT2D eigenvalue weighted by Crippen LogP contribution is 2.16. The molecule has 2 aromatic carbocycles. The highest BCUT2D eigenvalue weighted by atomic mass is 35.5. The van der Waals surface area contributed by atoms with E-state index in [4.69, 9.17) is 28.6 Å². The van der Waals surface area contributed by atoms with Crippen LogP contribution in [0.4, 0.5) is 5.69 Å². The van der Waals surface area contributed by atoms with Crippen molar-refractivity contribution in [2.45, 2.75) is 11.8 Å². The van der Waals surface area contributed by atoms with Gasteiger partial charge in [-0.3, -0.25) is 5.43 Å². The number of benzene rings is 2. The van der Waals surface area contributed by atoms with Crippen LogP contribution in [0.5, 0.6) is 5.75 Å². The normalized spacial score (nSPS) is 10.9. The molecule has 2 rings (SSSR count). The Hall–Kier alpha value is -1.87. The van der Waals surface area contributed by atoms with E-state index >= 15 is 0 Å². The molecule has 0 aliphatic rings. The molecule has 0 amide bonds. The minimum absolute atomic E-state index is 0.0725. The van der Waals surface area contributed by atoms with Gasteiger partial charge < -0.3 is 10.1 Å². The zero-order valence-corrected chi connectivity index (χ0v) is 15.1. The van der Waals surface area contributed by atoms with Crippen molar-refractivity contribution < 1.29 is 13.2 Å². The fraction of sp³-hybridized carbons (Fsp3) is 0.133. The standard InChI is InChI=1S/C15H16ClN3O3S2/c1-2-22-13-7-5-12(6-8-13)17-15(23)18-19-24(20,21)14-9-3-11(16)4-10-14/h3-10,19H,2H2,1H3,(H2,17,18,23). The number of anilines is 1. The Morgan fingerprint density at radius 1 is 1.12 bits per heavy atom. The molecule has 2 aromatic rings. The summed E-state index contributed by atoms with van der Waals surface area (Å²) in [6, 6.07) is 12.9. The Kier molecular flexibility index (Phi) is 6.38. The van der Waals surface area contributed by atoms with Crippen LogP contribution in [0.25, 0.3) is 0 Å². The number of hydrogen-bond acceptors (Lipinski definition) is 4. The lowest BCUT2D eigenvalue weighted by atomic mass is 10.3. The van der Waals surface area contributed by atoms with E-state index in [1.807, 2.05) is 6.92 Å². The molecule has 6 nitrogen and oxygen atoms in total. The maximum absolute atomic E-state index is 12.1. The van der Waals surface area contributed by atoms with E-state index in [1.165, 1.54) is 24.3 Å². The van der Waals surface area contributed by atoms with E-state index in [0.717, 1.165) is 5.75 Å². The first-order chi connectivity index (χ1) is 11.4. The van der Waals surface area contributed by atoms with Crippen molar-refractivity contribution >= 4 is 44.6 Å². The molecule has 0 saturated carbocycles. The lowest BCUT2D eigenvalue weighted by Gasteiger charge is -2.12. The topological polar surface area (TPSA) is 79.5 Å². The summed E-state index contributed by atoms with van der Waals surface area (Å²) in [5.74, 6) is 0.741. The molecular weight excluding hydrogens is 370 g/mol. The summed E-state index contributed by atoms with van der Waals surface area (Å²) < 4.78 is 29.5. The van der Waals surface area contributed by atoms with Crippen LogP contribution in [0.15, 0.2) is 53.4 Å². The largest absolute Gasteiger partial charge is 0.494 e. The number of thiocarbonyl (C=S) groups is 1. The van der Waals surface area contributed by atoms with Crippen LogP contribution in [0.1, 0.15) is 6.92 Å². The molecule has 0 spiro atoms. The van der Waals surface area contributed by atoms with Crippen molar-refractivity contribution in [3.8, 4) is 5.75 Å². The second kappa shape index (κ2) is 8.29. The maximum atomic E-state index is 12.1. The van der Waals surface area contributed by atoms with E-state index in [2.05, 4.69) is 15.6 Å². The van der Waals surface area contributed by atoms with E-state index in [-0.39, 0.29) is 10.0 Å². The molecule has 0 heterocycles. The summed E-state index contributed by atoms with van der Waals surface area (Å²) in [5.41, 5.74) is 3.14. The van der Waals surface area contributed by atoms with Crippen molar-refractivity contribution in [2.24, 2.45) is 0 Å². The van der Waals surface area contributed by atoms with Gasteiger partial charge in [-0.25, -0.2) is 8.42 Å². The minimum Gasteiger partial charge on any atom is -0.494 e. The SMILES string of the molecule is CCOc1ccc(NC(=S)NNS(=O)(=O)c2ccc(Cl)cc2)cc1. The fourth-order valence-corrected chi connectivity index (χ4v) is 2.96. The van der Waals surface area contributed by atoms with Crippen LogP contribution in [0.3, 0.4) is 0 Å². The fourth-order valence-electron chi connectivity index (χ4n) is 1.75. The summed E-state index contributed by atoms with van der Waals surface area (Å²) in [4.78, 5) is 2.27. The number of rotatable bonds is 6. The van der Waals surface area contributed by atoms with Crippen LogP contribution in [0, 0.1) is 0 Å². The number of hydrazine groups is 1. The van der Waals surface area contributed by atoms with Gasteiger partial charge in [-0.2, -0.15) is 0 Å². The summed E-state index contributed by atoms with van der Waals surface area (Å²) in [5, 5.41) is 3.42. The molecule has 0 unspecified atom stereocenters. The first-order valence-electron chi connectivity index (χ1n) is 6.98. The van der Waals surface area contributed by atoms with Crippen LogP contribution >= 0.6 is 23.8 Å². The monoisotopic (exact) mass is 385 g/mol. The minimum atomic E-state index is -3.75. The van der Waals surface area contributed by atoms with Gasteiger partial charge in [0.05, 0.1) is 11.5 Å². The molecule has 0 fully saturated rings. The third kappa shape index (κ3) is 5.34. The lowest BCUT2D eigenvalue weighted by Crippen LogP contribution is -2.43. The van der Waals surface area contributed by atoms with Gasteiger partial charge in [0.2, 0.25) is 0 Å². The second-order valence-electron chi connectivity index (χ2n) is 4.60. The van der Waals surface area contributed by atoms with Crippen molar-refractivity contribution in [3.05, 3.63) is 53.6 Å². The molecule has 0 radical (unpaired) electrons. The predicted molar refractivity (Wildman–Crippen MR) is 98.7 cm³/mol. The molecule has 0 aromatic heterocycles. The van der Waals surface area contributed by atoms with Gasteiger partial charge in [0.15, 0.2) is 5.11 Å². The highest BCUT2D eigenvalue weighted by Gasteiger charge is 2.13. The molecule has 24 heavy (non-hydrogen) atoms. The van der Waals surface area contributed by atoms with Crippen molar-refractivity contribution in [1.82, 2.24) is 10.3 Å². The molecule has 128 valence electrons. The number of nitrogens with one attached hydrogen (secondary N) is 3. The molecular formula is C15H16ClN3O3S2. The number of ether oxygens (including phenoxy) is 1. The quantitative estimate of drug-likeness (QED) is 0.524. The average Bonchev–Trinajstić information content (AvgIpc) is 2.56. The van der Waals surface area contributed by atoms with E-state index in [0.29, 0.717) is 17.3 Å². The van der Waals surface area contributed by atoms with Crippen molar-refractivity contribution in [1.29, 1.82) is 0 Å². The number of halogens is 1. The Morgan fingerprint density at radius 3 is 2.33 bits per heavy atom. The van der Waals surface area contributed by atoms with Gasteiger partial charge in [0.25, 0.3) is 10.0 Å². The molecule has 0 atom stereocenters. The Morgan fingerprint density at radius 2 is 1.75 bits per heavy atom.